The summed E-state index contributed by atoms with van der Waals surface area (Å²) in [4.78, 5) is 23.9. The Morgan fingerprint density at radius 1 is 1.00 bits per heavy atom. The SMILES string of the molecule is Cc1cccc(C)c1NC(=O)NCC(=O)Nc1cc(Cl)ccc1Cl. The third kappa shape index (κ3) is 4.88. The molecule has 0 heterocycles. The topological polar surface area (TPSA) is 70.2 Å². The molecule has 0 aromatic heterocycles. The van der Waals surface area contributed by atoms with Crippen molar-refractivity contribution in [3.05, 3.63) is 57.6 Å². The van der Waals surface area contributed by atoms with Gasteiger partial charge in [0.25, 0.3) is 0 Å². The molecule has 5 nitrogen and oxygen atoms in total. The summed E-state index contributed by atoms with van der Waals surface area (Å²) in [6.07, 6.45) is 0. The molecule has 0 aliphatic carbocycles. The first-order valence-electron chi connectivity index (χ1n) is 7.23. The van der Waals surface area contributed by atoms with Crippen molar-refractivity contribution in [2.45, 2.75) is 13.8 Å². The molecular weight excluding hydrogens is 349 g/mol. The van der Waals surface area contributed by atoms with Gasteiger partial charge in [0.2, 0.25) is 5.91 Å². The molecule has 3 N–H and O–H groups in total. The Morgan fingerprint density at radius 2 is 1.67 bits per heavy atom. The molecule has 0 unspecified atom stereocenters. The Bertz CT molecular complexity index is 758. The van der Waals surface area contributed by atoms with Crippen LogP contribution < -0.4 is 16.0 Å². The van der Waals surface area contributed by atoms with Crippen LogP contribution >= 0.6 is 23.2 Å². The van der Waals surface area contributed by atoms with E-state index in [1.165, 1.54) is 0 Å². The first kappa shape index (κ1) is 18.1. The third-order valence-corrected chi connectivity index (χ3v) is 3.90. The number of amides is 3. The number of carbonyl (C=O) groups is 2. The first-order chi connectivity index (χ1) is 11.4. The van der Waals surface area contributed by atoms with Crippen LogP contribution in [0.4, 0.5) is 16.2 Å². The summed E-state index contributed by atoms with van der Waals surface area (Å²) in [7, 11) is 0. The Labute approximate surface area is 150 Å². The molecule has 0 bridgehead atoms. The van der Waals surface area contributed by atoms with Crippen LogP contribution in [0.15, 0.2) is 36.4 Å². The van der Waals surface area contributed by atoms with E-state index in [1.807, 2.05) is 32.0 Å². The van der Waals surface area contributed by atoms with Crippen molar-refractivity contribution in [3.8, 4) is 0 Å². The number of carbonyl (C=O) groups excluding carboxylic acids is 2. The van der Waals surface area contributed by atoms with Gasteiger partial charge in [-0.25, -0.2) is 4.79 Å². The van der Waals surface area contributed by atoms with Crippen molar-refractivity contribution < 1.29 is 9.59 Å². The summed E-state index contributed by atoms with van der Waals surface area (Å²) in [6, 6.07) is 10.00. The number of anilines is 2. The predicted molar refractivity (Wildman–Crippen MR) is 98.0 cm³/mol. The summed E-state index contributed by atoms with van der Waals surface area (Å²) in [5, 5.41) is 8.66. The minimum Gasteiger partial charge on any atom is -0.329 e. The molecule has 3 amide bonds. The molecule has 0 fully saturated rings. The first-order valence-corrected chi connectivity index (χ1v) is 7.98. The van der Waals surface area contributed by atoms with Crippen molar-refractivity contribution in [3.63, 3.8) is 0 Å². The van der Waals surface area contributed by atoms with Gasteiger partial charge in [-0.05, 0) is 43.2 Å². The highest BCUT2D eigenvalue weighted by atomic mass is 35.5. The molecule has 0 aliphatic rings. The fraction of sp³-hybridized carbons (Fsp3) is 0.176. The largest absolute Gasteiger partial charge is 0.329 e. The van der Waals surface area contributed by atoms with Crippen molar-refractivity contribution in [2.75, 3.05) is 17.2 Å². The highest BCUT2D eigenvalue weighted by Crippen LogP contribution is 2.25. The van der Waals surface area contributed by atoms with Gasteiger partial charge in [-0.3, -0.25) is 4.79 Å². The molecule has 0 aliphatic heterocycles. The Hall–Kier alpha value is -2.24. The highest BCUT2D eigenvalue weighted by Gasteiger charge is 2.10. The van der Waals surface area contributed by atoms with Crippen molar-refractivity contribution in [1.82, 2.24) is 5.32 Å². The van der Waals surface area contributed by atoms with Crippen LogP contribution in [0.1, 0.15) is 11.1 Å². The zero-order valence-corrected chi connectivity index (χ0v) is 14.8. The number of halogens is 2. The van der Waals surface area contributed by atoms with Crippen LogP contribution in [-0.4, -0.2) is 18.5 Å². The van der Waals surface area contributed by atoms with Gasteiger partial charge in [0.15, 0.2) is 0 Å². The van der Waals surface area contributed by atoms with Crippen LogP contribution in [0.3, 0.4) is 0 Å². The van der Waals surface area contributed by atoms with Gasteiger partial charge in [-0.15, -0.1) is 0 Å². The average molecular weight is 366 g/mol. The van der Waals surface area contributed by atoms with E-state index in [0.717, 1.165) is 16.8 Å². The average Bonchev–Trinajstić information content (AvgIpc) is 2.53. The standard InChI is InChI=1S/C17H17Cl2N3O2/c1-10-4-3-5-11(2)16(10)22-17(24)20-9-15(23)21-14-8-12(18)6-7-13(14)19/h3-8H,9H2,1-2H3,(H,21,23)(H2,20,22,24). The van der Waals surface area contributed by atoms with Crippen molar-refractivity contribution in [2.24, 2.45) is 0 Å². The van der Waals surface area contributed by atoms with Crippen LogP contribution in [0, 0.1) is 13.8 Å². The number of rotatable bonds is 4. The van der Waals surface area contributed by atoms with E-state index in [0.29, 0.717) is 15.7 Å². The smallest absolute Gasteiger partial charge is 0.319 e. The van der Waals surface area contributed by atoms with E-state index in [-0.39, 0.29) is 6.54 Å². The lowest BCUT2D eigenvalue weighted by Gasteiger charge is -2.12. The number of para-hydroxylation sites is 1. The molecule has 7 heteroatoms. The van der Waals surface area contributed by atoms with Crippen LogP contribution in [0.2, 0.25) is 10.0 Å². The predicted octanol–water partition coefficient (Wildman–Crippen LogP) is 4.37. The lowest BCUT2D eigenvalue weighted by molar-refractivity contribution is -0.115. The quantitative estimate of drug-likeness (QED) is 0.752. The lowest BCUT2D eigenvalue weighted by Crippen LogP contribution is -2.36. The molecule has 126 valence electrons. The molecule has 0 saturated heterocycles. The summed E-state index contributed by atoms with van der Waals surface area (Å²) < 4.78 is 0. The van der Waals surface area contributed by atoms with Crippen molar-refractivity contribution >= 4 is 46.5 Å². The minimum atomic E-state index is -0.459. The fourth-order valence-electron chi connectivity index (χ4n) is 2.12. The monoisotopic (exact) mass is 365 g/mol. The van der Waals surface area contributed by atoms with Crippen LogP contribution in [0.5, 0.6) is 0 Å². The molecule has 0 atom stereocenters. The molecular formula is C17H17Cl2N3O2. The molecule has 2 aromatic carbocycles. The molecule has 0 saturated carbocycles. The molecule has 0 spiro atoms. The summed E-state index contributed by atoms with van der Waals surface area (Å²) in [5.41, 5.74) is 3.01. The molecule has 0 radical (unpaired) electrons. The second-order valence-corrected chi connectivity index (χ2v) is 6.09. The maximum atomic E-state index is 11.9. The minimum absolute atomic E-state index is 0.195. The number of hydrogen-bond donors (Lipinski definition) is 3. The van der Waals surface area contributed by atoms with Gasteiger partial charge in [-0.1, -0.05) is 41.4 Å². The van der Waals surface area contributed by atoms with Gasteiger partial charge >= 0.3 is 6.03 Å². The summed E-state index contributed by atoms with van der Waals surface area (Å²) in [5.74, 6) is -0.407. The van der Waals surface area contributed by atoms with E-state index in [2.05, 4.69) is 16.0 Å². The van der Waals surface area contributed by atoms with E-state index in [4.69, 9.17) is 23.2 Å². The second-order valence-electron chi connectivity index (χ2n) is 5.25. The highest BCUT2D eigenvalue weighted by molar-refractivity contribution is 6.35. The maximum absolute atomic E-state index is 11.9. The Morgan fingerprint density at radius 3 is 2.33 bits per heavy atom. The zero-order valence-electron chi connectivity index (χ0n) is 13.2. The van der Waals surface area contributed by atoms with Gasteiger partial charge in [-0.2, -0.15) is 0 Å². The van der Waals surface area contributed by atoms with Crippen LogP contribution in [0.25, 0.3) is 0 Å². The van der Waals surface area contributed by atoms with Gasteiger partial charge in [0, 0.05) is 10.7 Å². The van der Waals surface area contributed by atoms with Crippen LogP contribution in [-0.2, 0) is 4.79 Å². The normalized spacial score (nSPS) is 10.2. The van der Waals surface area contributed by atoms with Gasteiger partial charge in [0.05, 0.1) is 17.3 Å². The number of aryl methyl sites for hydroxylation is 2. The van der Waals surface area contributed by atoms with E-state index in [1.54, 1.807) is 18.2 Å². The van der Waals surface area contributed by atoms with E-state index >= 15 is 0 Å². The Balaban J connectivity index is 1.89. The van der Waals surface area contributed by atoms with E-state index < -0.39 is 11.9 Å². The molecule has 2 rings (SSSR count). The summed E-state index contributed by atoms with van der Waals surface area (Å²) in [6.45, 7) is 3.60. The maximum Gasteiger partial charge on any atom is 0.319 e. The zero-order chi connectivity index (χ0) is 17.7. The lowest BCUT2D eigenvalue weighted by atomic mass is 10.1. The molecule has 24 heavy (non-hydrogen) atoms. The van der Waals surface area contributed by atoms with Gasteiger partial charge in [0.1, 0.15) is 0 Å². The summed E-state index contributed by atoms with van der Waals surface area (Å²) >= 11 is 11.8. The fourth-order valence-corrected chi connectivity index (χ4v) is 2.45. The number of benzene rings is 2. The molecule has 2 aromatic rings. The van der Waals surface area contributed by atoms with Crippen molar-refractivity contribution in [1.29, 1.82) is 0 Å². The number of nitrogens with one attached hydrogen (secondary N) is 3. The van der Waals surface area contributed by atoms with Gasteiger partial charge < -0.3 is 16.0 Å². The van der Waals surface area contributed by atoms with E-state index in [9.17, 15) is 9.59 Å². The third-order valence-electron chi connectivity index (χ3n) is 3.33. The Kier molecular flexibility index (Phi) is 6.06. The second kappa shape index (κ2) is 8.04. The number of hydrogen-bond acceptors (Lipinski definition) is 2. The number of urea groups is 1.